The van der Waals surface area contributed by atoms with Gasteiger partial charge in [-0.15, -0.1) is 0 Å². The molecule has 96 valence electrons. The van der Waals surface area contributed by atoms with E-state index >= 15 is 0 Å². The highest BCUT2D eigenvalue weighted by molar-refractivity contribution is 4.98. The lowest BCUT2D eigenvalue weighted by molar-refractivity contribution is 0.219. The van der Waals surface area contributed by atoms with E-state index in [-0.39, 0.29) is 0 Å². The van der Waals surface area contributed by atoms with Gasteiger partial charge in [-0.05, 0) is 40.4 Å². The second kappa shape index (κ2) is 5.60. The Hall–Kier alpha value is -0.940. The average Bonchev–Trinajstić information content (AvgIpc) is 2.77. The predicted molar refractivity (Wildman–Crippen MR) is 66.0 cm³/mol. The molecular formula is C12H22N4O. The highest BCUT2D eigenvalue weighted by Gasteiger charge is 2.24. The zero-order valence-corrected chi connectivity index (χ0v) is 10.9. The molecule has 0 amide bonds. The van der Waals surface area contributed by atoms with Crippen LogP contribution in [0.2, 0.25) is 0 Å². The van der Waals surface area contributed by atoms with Gasteiger partial charge >= 0.3 is 0 Å². The zero-order chi connectivity index (χ0) is 12.3. The van der Waals surface area contributed by atoms with Gasteiger partial charge in [0.25, 0.3) is 0 Å². The summed E-state index contributed by atoms with van der Waals surface area (Å²) in [6, 6.07) is 0.384. The summed E-state index contributed by atoms with van der Waals surface area (Å²) in [6.07, 6.45) is 3.20. The van der Waals surface area contributed by atoms with E-state index in [0.29, 0.717) is 12.0 Å². The summed E-state index contributed by atoms with van der Waals surface area (Å²) in [6.45, 7) is 4.32. The van der Waals surface area contributed by atoms with Gasteiger partial charge in [-0.2, -0.15) is 4.98 Å². The first-order valence-corrected chi connectivity index (χ1v) is 6.37. The molecule has 1 aromatic heterocycles. The van der Waals surface area contributed by atoms with E-state index < -0.39 is 0 Å². The summed E-state index contributed by atoms with van der Waals surface area (Å²) in [4.78, 5) is 6.84. The Labute approximate surface area is 103 Å². The summed E-state index contributed by atoms with van der Waals surface area (Å²) >= 11 is 0. The molecule has 2 atom stereocenters. The summed E-state index contributed by atoms with van der Waals surface area (Å²) < 4.78 is 5.38. The molecule has 5 nitrogen and oxygen atoms in total. The summed E-state index contributed by atoms with van der Waals surface area (Å²) in [7, 11) is 4.09. The summed E-state index contributed by atoms with van der Waals surface area (Å²) in [5.41, 5.74) is 0. The minimum atomic E-state index is 0.384. The fraction of sp³-hybridized carbons (Fsp3) is 0.833. The van der Waals surface area contributed by atoms with E-state index in [1.807, 2.05) is 7.05 Å². The minimum Gasteiger partial charge on any atom is -0.339 e. The lowest BCUT2D eigenvalue weighted by Gasteiger charge is -2.27. The van der Waals surface area contributed by atoms with Gasteiger partial charge in [0.1, 0.15) is 0 Å². The molecule has 0 bridgehead atoms. The van der Waals surface area contributed by atoms with Crippen molar-refractivity contribution in [2.24, 2.45) is 0 Å². The molecule has 1 fully saturated rings. The van der Waals surface area contributed by atoms with Crippen molar-refractivity contribution < 1.29 is 4.52 Å². The van der Waals surface area contributed by atoms with Crippen molar-refractivity contribution in [3.05, 3.63) is 11.7 Å². The van der Waals surface area contributed by atoms with Gasteiger partial charge in [0.2, 0.25) is 5.89 Å². The van der Waals surface area contributed by atoms with Gasteiger partial charge < -0.3 is 14.7 Å². The van der Waals surface area contributed by atoms with Gasteiger partial charge in [-0.3, -0.25) is 0 Å². The monoisotopic (exact) mass is 238 g/mol. The van der Waals surface area contributed by atoms with E-state index in [1.54, 1.807) is 0 Å². The number of aromatic nitrogens is 2. The Balaban J connectivity index is 1.97. The van der Waals surface area contributed by atoms with E-state index in [4.69, 9.17) is 4.52 Å². The number of rotatable bonds is 4. The fourth-order valence-electron chi connectivity index (χ4n) is 2.26. The van der Waals surface area contributed by atoms with Crippen LogP contribution in [-0.2, 0) is 6.42 Å². The van der Waals surface area contributed by atoms with Crippen LogP contribution in [0.5, 0.6) is 0 Å². The molecule has 17 heavy (non-hydrogen) atoms. The molecule has 2 heterocycles. The van der Waals surface area contributed by atoms with E-state index in [9.17, 15) is 0 Å². The average molecular weight is 238 g/mol. The molecular weight excluding hydrogens is 216 g/mol. The van der Waals surface area contributed by atoms with Crippen molar-refractivity contribution in [1.29, 1.82) is 0 Å². The molecule has 2 rings (SSSR count). The third-order valence-electron chi connectivity index (χ3n) is 3.44. The SMILES string of the molecule is CNC(C)Cc1noc(C2CCCN(C)C2)n1. The maximum Gasteiger partial charge on any atom is 0.231 e. The number of nitrogens with one attached hydrogen (secondary N) is 1. The number of hydrogen-bond donors (Lipinski definition) is 1. The van der Waals surface area contributed by atoms with Crippen LogP contribution in [-0.4, -0.2) is 48.3 Å². The van der Waals surface area contributed by atoms with Crippen LogP contribution in [0.1, 0.15) is 37.4 Å². The molecule has 0 aromatic carbocycles. The number of piperidine rings is 1. The summed E-state index contributed by atoms with van der Waals surface area (Å²) in [5.74, 6) is 2.05. The Kier molecular flexibility index (Phi) is 4.12. The van der Waals surface area contributed by atoms with Gasteiger partial charge in [-0.25, -0.2) is 0 Å². The number of likely N-dealkylation sites (tertiary alicyclic amines) is 1. The van der Waals surface area contributed by atoms with Crippen molar-refractivity contribution >= 4 is 0 Å². The Morgan fingerprint density at radius 2 is 2.41 bits per heavy atom. The Bertz CT molecular complexity index is 352. The second-order valence-electron chi connectivity index (χ2n) is 5.04. The first-order valence-electron chi connectivity index (χ1n) is 6.37. The largest absolute Gasteiger partial charge is 0.339 e. The lowest BCUT2D eigenvalue weighted by atomic mass is 9.98. The standard InChI is InChI=1S/C12H22N4O/c1-9(13-2)7-11-14-12(17-15-11)10-5-4-6-16(3)8-10/h9-10,13H,4-8H2,1-3H3. The predicted octanol–water partition coefficient (Wildman–Crippen LogP) is 1.03. The van der Waals surface area contributed by atoms with Crippen LogP contribution in [0.25, 0.3) is 0 Å². The highest BCUT2D eigenvalue weighted by Crippen LogP contribution is 2.24. The molecule has 2 unspecified atom stereocenters. The lowest BCUT2D eigenvalue weighted by Crippen LogP contribution is -2.31. The first-order chi connectivity index (χ1) is 8.19. The topological polar surface area (TPSA) is 54.2 Å². The van der Waals surface area contributed by atoms with Crippen molar-refractivity contribution in [2.75, 3.05) is 27.2 Å². The van der Waals surface area contributed by atoms with E-state index in [2.05, 4.69) is 34.3 Å². The summed E-state index contributed by atoms with van der Waals surface area (Å²) in [5, 5.41) is 7.24. The molecule has 1 saturated heterocycles. The fourth-order valence-corrected chi connectivity index (χ4v) is 2.26. The highest BCUT2D eigenvalue weighted by atomic mass is 16.5. The van der Waals surface area contributed by atoms with Gasteiger partial charge in [0.15, 0.2) is 5.82 Å². The van der Waals surface area contributed by atoms with Crippen molar-refractivity contribution in [1.82, 2.24) is 20.4 Å². The van der Waals surface area contributed by atoms with Crippen LogP contribution in [0.3, 0.4) is 0 Å². The first kappa shape index (κ1) is 12.5. The maximum atomic E-state index is 5.38. The Morgan fingerprint density at radius 1 is 1.59 bits per heavy atom. The molecule has 0 saturated carbocycles. The van der Waals surface area contributed by atoms with E-state index in [0.717, 1.165) is 31.1 Å². The second-order valence-corrected chi connectivity index (χ2v) is 5.04. The smallest absolute Gasteiger partial charge is 0.231 e. The van der Waals surface area contributed by atoms with Gasteiger partial charge in [0.05, 0.1) is 5.92 Å². The van der Waals surface area contributed by atoms with Crippen molar-refractivity contribution in [2.45, 2.75) is 38.1 Å². The molecule has 1 N–H and O–H groups in total. The van der Waals surface area contributed by atoms with Crippen molar-refractivity contribution in [3.8, 4) is 0 Å². The van der Waals surface area contributed by atoms with E-state index in [1.165, 1.54) is 13.0 Å². The van der Waals surface area contributed by atoms with Gasteiger partial charge in [0, 0.05) is 19.0 Å². The van der Waals surface area contributed by atoms with Crippen LogP contribution in [0.4, 0.5) is 0 Å². The molecule has 0 radical (unpaired) electrons. The third-order valence-corrected chi connectivity index (χ3v) is 3.44. The minimum absolute atomic E-state index is 0.384. The van der Waals surface area contributed by atoms with Crippen molar-refractivity contribution in [3.63, 3.8) is 0 Å². The molecule has 1 aliphatic rings. The molecule has 1 aliphatic heterocycles. The molecule has 5 heteroatoms. The Morgan fingerprint density at radius 3 is 3.12 bits per heavy atom. The molecule has 0 aliphatic carbocycles. The molecule has 1 aromatic rings. The number of hydrogen-bond acceptors (Lipinski definition) is 5. The number of likely N-dealkylation sites (N-methyl/N-ethyl adjacent to an activating group) is 2. The maximum absolute atomic E-state index is 5.38. The molecule has 0 spiro atoms. The van der Waals surface area contributed by atoms with Crippen LogP contribution >= 0.6 is 0 Å². The van der Waals surface area contributed by atoms with Crippen LogP contribution in [0.15, 0.2) is 4.52 Å². The quantitative estimate of drug-likeness (QED) is 0.849. The van der Waals surface area contributed by atoms with Crippen LogP contribution in [0, 0.1) is 0 Å². The third kappa shape index (κ3) is 3.26. The van der Waals surface area contributed by atoms with Gasteiger partial charge in [-0.1, -0.05) is 5.16 Å². The zero-order valence-electron chi connectivity index (χ0n) is 10.9. The number of nitrogens with zero attached hydrogens (tertiary/aromatic N) is 3. The van der Waals surface area contributed by atoms with Crippen LogP contribution < -0.4 is 5.32 Å². The normalized spacial score (nSPS) is 23.8.